The van der Waals surface area contributed by atoms with Crippen LogP contribution in [0.15, 0.2) is 0 Å². The second kappa shape index (κ2) is 6.35. The normalized spacial score (nSPS) is 14.5. The van der Waals surface area contributed by atoms with Gasteiger partial charge in [-0.2, -0.15) is 0 Å². The Labute approximate surface area is 81.5 Å². The van der Waals surface area contributed by atoms with E-state index in [-0.39, 0.29) is 0 Å². The molecule has 13 heavy (non-hydrogen) atoms. The minimum Gasteiger partial charge on any atom is -0.389 e. The Kier molecular flexibility index (Phi) is 6.29. The molecule has 0 aliphatic heterocycles. The SMILES string of the molecule is CCC(C)(C)CNCC(O)COC. The summed E-state index contributed by atoms with van der Waals surface area (Å²) in [5.41, 5.74) is 0.312. The van der Waals surface area contributed by atoms with Gasteiger partial charge in [0.2, 0.25) is 0 Å². The molecule has 0 spiro atoms. The summed E-state index contributed by atoms with van der Waals surface area (Å²) in [5, 5.41) is 12.6. The molecule has 0 rings (SSSR count). The summed E-state index contributed by atoms with van der Waals surface area (Å²) in [6, 6.07) is 0. The van der Waals surface area contributed by atoms with Gasteiger partial charge in [-0.05, 0) is 11.8 Å². The molecular weight excluding hydrogens is 166 g/mol. The number of methoxy groups -OCH3 is 1. The number of hydrogen-bond donors (Lipinski definition) is 2. The van der Waals surface area contributed by atoms with Gasteiger partial charge in [0.15, 0.2) is 0 Å². The van der Waals surface area contributed by atoms with Crippen LogP contribution in [0.25, 0.3) is 0 Å². The van der Waals surface area contributed by atoms with Crippen LogP contribution in [0.1, 0.15) is 27.2 Å². The molecule has 0 aromatic carbocycles. The van der Waals surface area contributed by atoms with Gasteiger partial charge in [0.25, 0.3) is 0 Å². The summed E-state index contributed by atoms with van der Waals surface area (Å²) < 4.78 is 4.82. The molecule has 0 saturated heterocycles. The molecule has 0 saturated carbocycles. The minimum absolute atomic E-state index is 0.312. The second-order valence-corrected chi connectivity index (χ2v) is 4.26. The Hall–Kier alpha value is -0.120. The highest BCUT2D eigenvalue weighted by molar-refractivity contribution is 4.70. The van der Waals surface area contributed by atoms with Crippen LogP contribution in [0.3, 0.4) is 0 Å². The van der Waals surface area contributed by atoms with Crippen LogP contribution in [0, 0.1) is 5.41 Å². The van der Waals surface area contributed by atoms with Crippen molar-refractivity contribution in [1.82, 2.24) is 5.32 Å². The molecule has 1 atom stereocenters. The number of aliphatic hydroxyl groups is 1. The highest BCUT2D eigenvalue weighted by Crippen LogP contribution is 2.17. The van der Waals surface area contributed by atoms with Gasteiger partial charge in [-0.15, -0.1) is 0 Å². The zero-order chi connectivity index (χ0) is 10.3. The Balaban J connectivity index is 3.44. The van der Waals surface area contributed by atoms with E-state index >= 15 is 0 Å². The van der Waals surface area contributed by atoms with Crippen molar-refractivity contribution in [1.29, 1.82) is 0 Å². The summed E-state index contributed by atoms with van der Waals surface area (Å²) in [6.07, 6.45) is 0.748. The lowest BCUT2D eigenvalue weighted by Gasteiger charge is -2.23. The van der Waals surface area contributed by atoms with Crippen molar-refractivity contribution in [3.8, 4) is 0 Å². The fraction of sp³-hybridized carbons (Fsp3) is 1.00. The predicted molar refractivity (Wildman–Crippen MR) is 54.8 cm³/mol. The first-order valence-electron chi connectivity index (χ1n) is 4.89. The van der Waals surface area contributed by atoms with Crippen molar-refractivity contribution in [2.24, 2.45) is 5.41 Å². The van der Waals surface area contributed by atoms with Crippen LogP contribution < -0.4 is 5.32 Å². The monoisotopic (exact) mass is 189 g/mol. The van der Waals surface area contributed by atoms with Crippen molar-refractivity contribution < 1.29 is 9.84 Å². The largest absolute Gasteiger partial charge is 0.389 e. The third-order valence-electron chi connectivity index (χ3n) is 2.30. The molecule has 0 amide bonds. The summed E-state index contributed by atoms with van der Waals surface area (Å²) in [7, 11) is 1.60. The van der Waals surface area contributed by atoms with Crippen LogP contribution in [0.2, 0.25) is 0 Å². The van der Waals surface area contributed by atoms with Crippen LogP contribution in [0.5, 0.6) is 0 Å². The average Bonchev–Trinajstić information content (AvgIpc) is 2.05. The molecule has 0 aliphatic rings. The molecule has 0 aromatic rings. The quantitative estimate of drug-likeness (QED) is 0.628. The fourth-order valence-electron chi connectivity index (χ4n) is 0.953. The van der Waals surface area contributed by atoms with E-state index in [0.717, 1.165) is 13.0 Å². The maximum Gasteiger partial charge on any atom is 0.0897 e. The molecular formula is C10H23NO2. The second-order valence-electron chi connectivity index (χ2n) is 4.26. The van der Waals surface area contributed by atoms with Crippen molar-refractivity contribution in [2.75, 3.05) is 26.8 Å². The highest BCUT2D eigenvalue weighted by atomic mass is 16.5. The van der Waals surface area contributed by atoms with Gasteiger partial charge in [-0.3, -0.25) is 0 Å². The Bertz CT molecular complexity index is 126. The summed E-state index contributed by atoms with van der Waals surface area (Å²) in [5.74, 6) is 0. The van der Waals surface area contributed by atoms with Gasteiger partial charge in [0, 0.05) is 20.2 Å². The molecule has 1 unspecified atom stereocenters. The standard InChI is InChI=1S/C10H23NO2/c1-5-10(2,3)8-11-6-9(12)7-13-4/h9,11-12H,5-8H2,1-4H3. The third-order valence-corrected chi connectivity index (χ3v) is 2.30. The van der Waals surface area contributed by atoms with E-state index in [9.17, 15) is 5.11 Å². The average molecular weight is 189 g/mol. The molecule has 0 aliphatic carbocycles. The van der Waals surface area contributed by atoms with E-state index in [1.54, 1.807) is 7.11 Å². The van der Waals surface area contributed by atoms with Crippen molar-refractivity contribution >= 4 is 0 Å². The Morgan fingerprint density at radius 3 is 2.54 bits per heavy atom. The zero-order valence-electron chi connectivity index (χ0n) is 9.26. The zero-order valence-corrected chi connectivity index (χ0v) is 9.26. The van der Waals surface area contributed by atoms with Crippen molar-refractivity contribution in [2.45, 2.75) is 33.3 Å². The molecule has 3 nitrogen and oxygen atoms in total. The molecule has 0 aromatic heterocycles. The van der Waals surface area contributed by atoms with Crippen molar-refractivity contribution in [3.05, 3.63) is 0 Å². The van der Waals surface area contributed by atoms with Crippen LogP contribution in [-0.2, 0) is 4.74 Å². The predicted octanol–water partition coefficient (Wildman–Crippen LogP) is 1.02. The Morgan fingerprint density at radius 2 is 2.08 bits per heavy atom. The van der Waals surface area contributed by atoms with E-state index in [1.165, 1.54) is 0 Å². The molecule has 0 fully saturated rings. The lowest BCUT2D eigenvalue weighted by atomic mass is 9.90. The number of ether oxygens (including phenoxy) is 1. The van der Waals surface area contributed by atoms with Gasteiger partial charge in [0.1, 0.15) is 0 Å². The molecule has 0 bridgehead atoms. The smallest absolute Gasteiger partial charge is 0.0897 e. The fourth-order valence-corrected chi connectivity index (χ4v) is 0.953. The first-order valence-corrected chi connectivity index (χ1v) is 4.89. The lowest BCUT2D eigenvalue weighted by Crippen LogP contribution is -2.36. The molecule has 2 N–H and O–H groups in total. The summed E-state index contributed by atoms with van der Waals surface area (Å²) in [6.45, 7) is 8.54. The summed E-state index contributed by atoms with van der Waals surface area (Å²) in [4.78, 5) is 0. The number of hydrogen-bond acceptors (Lipinski definition) is 3. The highest BCUT2D eigenvalue weighted by Gasteiger charge is 2.14. The van der Waals surface area contributed by atoms with E-state index in [1.807, 2.05) is 0 Å². The topological polar surface area (TPSA) is 41.5 Å². The van der Waals surface area contributed by atoms with E-state index in [2.05, 4.69) is 26.1 Å². The van der Waals surface area contributed by atoms with Gasteiger partial charge in [0.05, 0.1) is 12.7 Å². The molecule has 0 heterocycles. The van der Waals surface area contributed by atoms with E-state index < -0.39 is 6.10 Å². The first kappa shape index (κ1) is 12.9. The van der Waals surface area contributed by atoms with Crippen LogP contribution >= 0.6 is 0 Å². The Morgan fingerprint density at radius 1 is 1.46 bits per heavy atom. The maximum absolute atomic E-state index is 9.33. The van der Waals surface area contributed by atoms with Gasteiger partial charge in [-0.25, -0.2) is 0 Å². The van der Waals surface area contributed by atoms with Crippen molar-refractivity contribution in [3.63, 3.8) is 0 Å². The van der Waals surface area contributed by atoms with Gasteiger partial charge >= 0.3 is 0 Å². The van der Waals surface area contributed by atoms with E-state index in [0.29, 0.717) is 18.6 Å². The third kappa shape index (κ3) is 6.99. The summed E-state index contributed by atoms with van der Waals surface area (Å²) >= 11 is 0. The first-order chi connectivity index (χ1) is 6.02. The van der Waals surface area contributed by atoms with Crippen LogP contribution in [0.4, 0.5) is 0 Å². The van der Waals surface area contributed by atoms with Gasteiger partial charge in [-0.1, -0.05) is 20.8 Å². The molecule has 0 radical (unpaired) electrons. The van der Waals surface area contributed by atoms with Gasteiger partial charge < -0.3 is 15.2 Å². The molecule has 80 valence electrons. The minimum atomic E-state index is -0.391. The molecule has 3 heteroatoms. The number of rotatable bonds is 7. The lowest BCUT2D eigenvalue weighted by molar-refractivity contribution is 0.0629. The number of nitrogens with one attached hydrogen (secondary N) is 1. The maximum atomic E-state index is 9.33. The van der Waals surface area contributed by atoms with E-state index in [4.69, 9.17) is 4.74 Å². The number of aliphatic hydroxyl groups excluding tert-OH is 1. The van der Waals surface area contributed by atoms with Crippen LogP contribution in [-0.4, -0.2) is 38.0 Å².